The van der Waals surface area contributed by atoms with Gasteiger partial charge in [0.15, 0.2) is 5.85 Å². The molecule has 0 heterocycles. The van der Waals surface area contributed by atoms with Crippen molar-refractivity contribution in [2.75, 3.05) is 6.61 Å². The molecule has 6 heteroatoms. The van der Waals surface area contributed by atoms with Crippen molar-refractivity contribution in [3.05, 3.63) is 0 Å². The van der Waals surface area contributed by atoms with E-state index in [2.05, 4.69) is 0 Å². The summed E-state index contributed by atoms with van der Waals surface area (Å²) in [5.41, 5.74) is 0. The summed E-state index contributed by atoms with van der Waals surface area (Å²) in [6.07, 6.45) is 0.132. The van der Waals surface area contributed by atoms with Crippen molar-refractivity contribution < 1.29 is 24.6 Å². The van der Waals surface area contributed by atoms with Gasteiger partial charge in [0.25, 0.3) is 0 Å². The Morgan fingerprint density at radius 2 is 1.90 bits per heavy atom. The first-order valence-electron chi connectivity index (χ1n) is 2.82. The maximum Gasteiger partial charge on any atom is 0.353 e. The van der Waals surface area contributed by atoms with Gasteiger partial charge in [-0.1, -0.05) is 0 Å². The molecular formula is C4H11O5P. The van der Waals surface area contributed by atoms with Crippen LogP contribution >= 0.6 is 7.60 Å². The fraction of sp³-hybridized carbons (Fsp3) is 1.00. The van der Waals surface area contributed by atoms with Gasteiger partial charge in [0, 0.05) is 6.61 Å². The summed E-state index contributed by atoms with van der Waals surface area (Å²) < 4.78 is 10.2. The minimum atomic E-state index is -4.34. The summed E-state index contributed by atoms with van der Waals surface area (Å²) in [6.45, 7) is -0.170. The van der Waals surface area contributed by atoms with Crippen molar-refractivity contribution in [2.45, 2.75) is 18.7 Å². The number of hydrogen-bond acceptors (Lipinski definition) is 3. The van der Waals surface area contributed by atoms with Gasteiger partial charge in [0.2, 0.25) is 0 Å². The lowest BCUT2D eigenvalue weighted by molar-refractivity contribution is 0.178. The molecule has 0 aliphatic rings. The van der Waals surface area contributed by atoms with E-state index in [9.17, 15) is 4.57 Å². The van der Waals surface area contributed by atoms with Crippen molar-refractivity contribution in [2.24, 2.45) is 0 Å². The molecule has 0 spiro atoms. The summed E-state index contributed by atoms with van der Waals surface area (Å²) in [5, 5.41) is 16.9. The van der Waals surface area contributed by atoms with E-state index < -0.39 is 13.4 Å². The van der Waals surface area contributed by atoms with Crippen LogP contribution in [-0.4, -0.2) is 32.5 Å². The molecule has 0 radical (unpaired) electrons. The number of aliphatic hydroxyl groups is 2. The van der Waals surface area contributed by atoms with Gasteiger partial charge in [-0.3, -0.25) is 4.57 Å². The van der Waals surface area contributed by atoms with Gasteiger partial charge in [-0.05, 0) is 12.8 Å². The first-order valence-corrected chi connectivity index (χ1v) is 4.50. The van der Waals surface area contributed by atoms with Crippen molar-refractivity contribution in [3.8, 4) is 0 Å². The van der Waals surface area contributed by atoms with Crippen molar-refractivity contribution in [1.29, 1.82) is 0 Å². The van der Waals surface area contributed by atoms with Crippen molar-refractivity contribution in [3.63, 3.8) is 0 Å². The van der Waals surface area contributed by atoms with E-state index in [0.717, 1.165) is 0 Å². The summed E-state index contributed by atoms with van der Waals surface area (Å²) in [6, 6.07) is 0. The van der Waals surface area contributed by atoms with Crippen LogP contribution in [0.3, 0.4) is 0 Å². The van der Waals surface area contributed by atoms with Gasteiger partial charge in [0.05, 0.1) is 0 Å². The van der Waals surface area contributed by atoms with Gasteiger partial charge in [-0.15, -0.1) is 0 Å². The maximum absolute atomic E-state index is 10.2. The van der Waals surface area contributed by atoms with Gasteiger partial charge < -0.3 is 20.0 Å². The van der Waals surface area contributed by atoms with Crippen LogP contribution in [0, 0.1) is 0 Å². The molecule has 0 aliphatic heterocycles. The highest BCUT2D eigenvalue weighted by Crippen LogP contribution is 2.41. The van der Waals surface area contributed by atoms with Gasteiger partial charge in [-0.2, -0.15) is 0 Å². The highest BCUT2D eigenvalue weighted by atomic mass is 31.2. The third kappa shape index (κ3) is 3.98. The molecule has 0 bridgehead atoms. The molecular weight excluding hydrogens is 159 g/mol. The van der Waals surface area contributed by atoms with Gasteiger partial charge in [-0.25, -0.2) is 0 Å². The summed E-state index contributed by atoms with van der Waals surface area (Å²) in [7, 11) is -4.34. The minimum Gasteiger partial charge on any atom is -0.396 e. The van der Waals surface area contributed by atoms with Crippen LogP contribution < -0.4 is 0 Å². The van der Waals surface area contributed by atoms with Crippen LogP contribution in [-0.2, 0) is 4.57 Å². The summed E-state index contributed by atoms with van der Waals surface area (Å²) in [4.78, 5) is 16.6. The summed E-state index contributed by atoms with van der Waals surface area (Å²) in [5.74, 6) is -1.63. The minimum absolute atomic E-state index is 0.0687. The molecule has 0 aliphatic carbocycles. The molecule has 0 fully saturated rings. The highest BCUT2D eigenvalue weighted by molar-refractivity contribution is 7.52. The molecule has 0 aromatic heterocycles. The molecule has 1 unspecified atom stereocenters. The molecule has 10 heavy (non-hydrogen) atoms. The van der Waals surface area contributed by atoms with E-state index in [0.29, 0.717) is 0 Å². The number of aliphatic hydroxyl groups excluding tert-OH is 2. The Labute approximate surface area is 58.5 Å². The standard InChI is InChI=1S/C4H11O5P/c5-3-1-2-4(6)10(7,8)9/h4-6H,1-3H2,(H2,7,8,9). The molecule has 5 nitrogen and oxygen atoms in total. The Kier molecular flexibility index (Phi) is 4.08. The molecule has 0 aromatic carbocycles. The van der Waals surface area contributed by atoms with E-state index in [4.69, 9.17) is 20.0 Å². The normalized spacial score (nSPS) is 15.2. The largest absolute Gasteiger partial charge is 0.396 e. The lowest BCUT2D eigenvalue weighted by Crippen LogP contribution is -2.07. The number of rotatable bonds is 4. The quantitative estimate of drug-likeness (QED) is 0.416. The van der Waals surface area contributed by atoms with E-state index in [1.54, 1.807) is 0 Å². The average Bonchev–Trinajstić information content (AvgIpc) is 1.80. The second-order valence-electron chi connectivity index (χ2n) is 1.94. The zero-order chi connectivity index (χ0) is 8.20. The van der Waals surface area contributed by atoms with Crippen molar-refractivity contribution in [1.82, 2.24) is 0 Å². The molecule has 0 aromatic rings. The predicted molar refractivity (Wildman–Crippen MR) is 34.4 cm³/mol. The fourth-order valence-corrected chi connectivity index (χ4v) is 0.961. The zero-order valence-corrected chi connectivity index (χ0v) is 6.24. The molecule has 0 rings (SSSR count). The average molecular weight is 170 g/mol. The third-order valence-corrected chi connectivity index (χ3v) is 2.04. The Bertz CT molecular complexity index is 130. The van der Waals surface area contributed by atoms with Crippen LogP contribution in [0.4, 0.5) is 0 Å². The van der Waals surface area contributed by atoms with Crippen LogP contribution in [0.5, 0.6) is 0 Å². The number of hydrogen-bond donors (Lipinski definition) is 4. The van der Waals surface area contributed by atoms with Gasteiger partial charge >= 0.3 is 7.60 Å². The third-order valence-electron chi connectivity index (χ3n) is 1.01. The molecule has 0 saturated heterocycles. The highest BCUT2D eigenvalue weighted by Gasteiger charge is 2.24. The lowest BCUT2D eigenvalue weighted by Gasteiger charge is -2.10. The predicted octanol–water partition coefficient (Wildman–Crippen LogP) is -0.745. The Morgan fingerprint density at radius 3 is 2.20 bits per heavy atom. The molecule has 1 atom stereocenters. The smallest absolute Gasteiger partial charge is 0.353 e. The Balaban J connectivity index is 3.63. The second-order valence-corrected chi connectivity index (χ2v) is 3.71. The first kappa shape index (κ1) is 10.1. The van der Waals surface area contributed by atoms with Crippen LogP contribution in [0.25, 0.3) is 0 Å². The van der Waals surface area contributed by atoms with Crippen LogP contribution in [0.15, 0.2) is 0 Å². The second kappa shape index (κ2) is 4.05. The van der Waals surface area contributed by atoms with Crippen molar-refractivity contribution >= 4 is 7.60 Å². The Morgan fingerprint density at radius 1 is 1.40 bits per heavy atom. The Hall–Kier alpha value is 0.0700. The topological polar surface area (TPSA) is 98.0 Å². The van der Waals surface area contributed by atoms with E-state index >= 15 is 0 Å². The van der Waals surface area contributed by atoms with E-state index in [-0.39, 0.29) is 19.4 Å². The van der Waals surface area contributed by atoms with E-state index in [1.165, 1.54) is 0 Å². The van der Waals surface area contributed by atoms with E-state index in [1.807, 2.05) is 0 Å². The molecule has 4 N–H and O–H groups in total. The SMILES string of the molecule is O=P(O)(O)C(O)CCCO. The first-order chi connectivity index (χ1) is 4.48. The van der Waals surface area contributed by atoms with Crippen LogP contribution in [0.2, 0.25) is 0 Å². The maximum atomic E-state index is 10.2. The monoisotopic (exact) mass is 170 g/mol. The van der Waals surface area contributed by atoms with Crippen LogP contribution in [0.1, 0.15) is 12.8 Å². The molecule has 0 amide bonds. The molecule has 0 saturated carbocycles. The fourth-order valence-electron chi connectivity index (χ4n) is 0.442. The van der Waals surface area contributed by atoms with Gasteiger partial charge in [0.1, 0.15) is 0 Å². The lowest BCUT2D eigenvalue weighted by atomic mass is 10.3. The zero-order valence-electron chi connectivity index (χ0n) is 5.34. The summed E-state index contributed by atoms with van der Waals surface area (Å²) >= 11 is 0. The molecule has 62 valence electrons.